The molecular formula is C21H24N2O3. The van der Waals surface area contributed by atoms with E-state index in [1.165, 1.54) is 22.0 Å². The summed E-state index contributed by atoms with van der Waals surface area (Å²) in [6.45, 7) is 3.93. The number of aromatic nitrogens is 1. The van der Waals surface area contributed by atoms with Crippen molar-refractivity contribution in [3.63, 3.8) is 0 Å². The van der Waals surface area contributed by atoms with E-state index in [4.69, 9.17) is 5.11 Å². The number of aromatic amines is 1. The number of carbonyl (C=O) groups is 2. The fourth-order valence-electron chi connectivity index (χ4n) is 2.54. The lowest BCUT2D eigenvalue weighted by Crippen LogP contribution is -2.29. The van der Waals surface area contributed by atoms with Crippen LogP contribution in [0.15, 0.2) is 54.7 Å². The van der Waals surface area contributed by atoms with Crippen molar-refractivity contribution < 1.29 is 14.7 Å². The highest BCUT2D eigenvalue weighted by Crippen LogP contribution is 2.18. The van der Waals surface area contributed by atoms with Gasteiger partial charge >= 0.3 is 5.97 Å². The zero-order valence-corrected chi connectivity index (χ0v) is 15.1. The Balaban J connectivity index is 0.000000195. The van der Waals surface area contributed by atoms with Crippen LogP contribution in [0.4, 0.5) is 0 Å². The summed E-state index contributed by atoms with van der Waals surface area (Å²) in [6.07, 6.45) is 2.99. The Morgan fingerprint density at radius 3 is 2.50 bits per heavy atom. The fourth-order valence-corrected chi connectivity index (χ4v) is 2.54. The Kier molecular flexibility index (Phi) is 6.97. The fraction of sp³-hybridized carbons (Fsp3) is 0.238. The topological polar surface area (TPSA) is 82.2 Å². The third-order valence-electron chi connectivity index (χ3n) is 3.96. The lowest BCUT2D eigenvalue weighted by Gasteiger charge is -2.02. The van der Waals surface area contributed by atoms with Gasteiger partial charge in [-0.25, -0.2) is 0 Å². The minimum Gasteiger partial charge on any atom is -0.480 e. The number of hydrogen-bond donors (Lipinski definition) is 3. The molecule has 0 aliphatic carbocycles. The number of aryl methyl sites for hydroxylation is 3. The minimum atomic E-state index is -1.02. The van der Waals surface area contributed by atoms with E-state index in [9.17, 15) is 9.59 Å². The number of benzene rings is 2. The van der Waals surface area contributed by atoms with E-state index in [-0.39, 0.29) is 12.5 Å². The second-order valence-electron chi connectivity index (χ2n) is 6.18. The van der Waals surface area contributed by atoms with Gasteiger partial charge in [-0.1, -0.05) is 42.0 Å². The molecule has 2 aromatic carbocycles. The molecule has 0 fully saturated rings. The molecule has 0 spiro atoms. The average Bonchev–Trinajstić information content (AvgIpc) is 3.00. The van der Waals surface area contributed by atoms with E-state index < -0.39 is 5.97 Å². The van der Waals surface area contributed by atoms with Gasteiger partial charge in [0.25, 0.3) is 0 Å². The number of nitrogens with one attached hydrogen (secondary N) is 2. The summed E-state index contributed by atoms with van der Waals surface area (Å²) < 4.78 is 0. The summed E-state index contributed by atoms with van der Waals surface area (Å²) in [4.78, 5) is 24.5. The van der Waals surface area contributed by atoms with Crippen molar-refractivity contribution in [3.05, 3.63) is 71.4 Å². The Hall–Kier alpha value is -3.08. The molecule has 5 heteroatoms. The van der Waals surface area contributed by atoms with Crippen molar-refractivity contribution in [3.8, 4) is 0 Å². The number of H-pyrrole nitrogens is 1. The summed E-state index contributed by atoms with van der Waals surface area (Å²) in [5.41, 5.74) is 4.94. The van der Waals surface area contributed by atoms with Gasteiger partial charge in [0, 0.05) is 23.5 Å². The highest BCUT2D eigenvalue weighted by Gasteiger charge is 2.03. The van der Waals surface area contributed by atoms with Crippen LogP contribution in [0.25, 0.3) is 10.9 Å². The van der Waals surface area contributed by atoms with Gasteiger partial charge in [-0.2, -0.15) is 0 Å². The molecule has 0 saturated heterocycles. The molecule has 3 N–H and O–H groups in total. The average molecular weight is 352 g/mol. The van der Waals surface area contributed by atoms with Crippen LogP contribution in [-0.2, 0) is 16.0 Å². The van der Waals surface area contributed by atoms with Gasteiger partial charge in [-0.05, 0) is 43.5 Å². The first-order valence-electron chi connectivity index (χ1n) is 8.52. The monoisotopic (exact) mass is 352 g/mol. The molecule has 0 saturated carbocycles. The van der Waals surface area contributed by atoms with Gasteiger partial charge in [0.05, 0.1) is 0 Å². The predicted molar refractivity (Wildman–Crippen MR) is 103 cm³/mol. The van der Waals surface area contributed by atoms with Crippen LogP contribution in [0.3, 0.4) is 0 Å². The molecule has 0 radical (unpaired) electrons. The summed E-state index contributed by atoms with van der Waals surface area (Å²) in [5.74, 6) is -1.26. The molecule has 0 aliphatic rings. The first kappa shape index (κ1) is 19.2. The van der Waals surface area contributed by atoms with E-state index in [1.807, 2.05) is 36.5 Å². The number of rotatable bonds is 5. The smallest absolute Gasteiger partial charge is 0.322 e. The Morgan fingerprint density at radius 1 is 1.08 bits per heavy atom. The molecule has 0 unspecified atom stereocenters. The number of carboxylic acid groups (broad SMARTS) is 1. The third kappa shape index (κ3) is 6.09. The summed E-state index contributed by atoms with van der Waals surface area (Å²) >= 11 is 0. The summed E-state index contributed by atoms with van der Waals surface area (Å²) in [6, 6.07) is 16.1. The highest BCUT2D eigenvalue weighted by atomic mass is 16.4. The highest BCUT2D eigenvalue weighted by molar-refractivity contribution is 5.83. The zero-order valence-electron chi connectivity index (χ0n) is 15.1. The quantitative estimate of drug-likeness (QED) is 0.656. The van der Waals surface area contributed by atoms with E-state index in [1.54, 1.807) is 0 Å². The molecule has 1 amide bonds. The normalized spacial score (nSPS) is 10.1. The van der Waals surface area contributed by atoms with Crippen molar-refractivity contribution >= 4 is 22.8 Å². The van der Waals surface area contributed by atoms with Gasteiger partial charge in [0.1, 0.15) is 6.54 Å². The summed E-state index contributed by atoms with van der Waals surface area (Å²) in [5, 5.41) is 12.0. The van der Waals surface area contributed by atoms with Crippen LogP contribution in [0, 0.1) is 13.8 Å². The van der Waals surface area contributed by atoms with Crippen LogP contribution in [0.2, 0.25) is 0 Å². The first-order chi connectivity index (χ1) is 12.5. The Bertz CT molecular complexity index is 869. The number of carbonyl (C=O) groups excluding carboxylic acids is 1. The second-order valence-corrected chi connectivity index (χ2v) is 6.18. The zero-order chi connectivity index (χ0) is 18.9. The second kappa shape index (κ2) is 9.42. The van der Waals surface area contributed by atoms with E-state index >= 15 is 0 Å². The third-order valence-corrected chi connectivity index (χ3v) is 3.96. The molecule has 0 aliphatic heterocycles. The van der Waals surface area contributed by atoms with Gasteiger partial charge in [-0.3, -0.25) is 9.59 Å². The maximum absolute atomic E-state index is 11.1. The van der Waals surface area contributed by atoms with Crippen molar-refractivity contribution in [1.82, 2.24) is 10.3 Å². The molecule has 5 nitrogen and oxygen atoms in total. The lowest BCUT2D eigenvalue weighted by atomic mass is 10.1. The molecular weight excluding hydrogens is 328 g/mol. The molecule has 0 bridgehead atoms. The summed E-state index contributed by atoms with van der Waals surface area (Å²) in [7, 11) is 0. The minimum absolute atomic E-state index is 0.235. The van der Waals surface area contributed by atoms with Crippen LogP contribution < -0.4 is 5.32 Å². The van der Waals surface area contributed by atoms with Gasteiger partial charge < -0.3 is 15.4 Å². The van der Waals surface area contributed by atoms with Crippen LogP contribution in [0.5, 0.6) is 0 Å². The number of hydrogen-bond acceptors (Lipinski definition) is 2. The molecule has 3 aromatic rings. The molecule has 26 heavy (non-hydrogen) atoms. The molecule has 3 rings (SSSR count). The SMILES string of the molecule is Cc1ccc2[nH]cc(C)c2c1.O=C(O)CNC(=O)CCc1ccccc1. The van der Waals surface area contributed by atoms with Crippen LogP contribution >= 0.6 is 0 Å². The van der Waals surface area contributed by atoms with Crippen molar-refractivity contribution in [1.29, 1.82) is 0 Å². The molecule has 1 aromatic heterocycles. The predicted octanol–water partition coefficient (Wildman–Crippen LogP) is 3.60. The van der Waals surface area contributed by atoms with Gasteiger partial charge in [-0.15, -0.1) is 0 Å². The number of amides is 1. The largest absolute Gasteiger partial charge is 0.480 e. The van der Waals surface area contributed by atoms with Gasteiger partial charge in [0.2, 0.25) is 5.91 Å². The maximum Gasteiger partial charge on any atom is 0.322 e. The standard InChI is InChI=1S/C11H13NO3.C10H11N/c13-10(12-8-11(14)15)7-6-9-4-2-1-3-5-9;1-7-3-4-10-9(5-7)8(2)6-11-10/h1-5H,6-8H2,(H,12,13)(H,14,15);3-6,11H,1-2H3. The van der Waals surface area contributed by atoms with E-state index in [0.717, 1.165) is 5.56 Å². The Morgan fingerprint density at radius 2 is 1.81 bits per heavy atom. The molecule has 136 valence electrons. The molecule has 1 heterocycles. The van der Waals surface area contributed by atoms with Crippen LogP contribution in [-0.4, -0.2) is 28.5 Å². The Labute approximate surface area is 153 Å². The molecule has 0 atom stereocenters. The number of aliphatic carboxylic acids is 1. The number of fused-ring (bicyclic) bond motifs is 1. The number of carboxylic acids is 1. The lowest BCUT2D eigenvalue weighted by molar-refractivity contribution is -0.137. The van der Waals surface area contributed by atoms with Crippen molar-refractivity contribution in [2.45, 2.75) is 26.7 Å². The van der Waals surface area contributed by atoms with Crippen molar-refractivity contribution in [2.24, 2.45) is 0 Å². The van der Waals surface area contributed by atoms with Crippen LogP contribution in [0.1, 0.15) is 23.1 Å². The van der Waals surface area contributed by atoms with E-state index in [0.29, 0.717) is 12.8 Å². The van der Waals surface area contributed by atoms with Gasteiger partial charge in [0.15, 0.2) is 0 Å². The maximum atomic E-state index is 11.1. The first-order valence-corrected chi connectivity index (χ1v) is 8.52. The van der Waals surface area contributed by atoms with E-state index in [2.05, 4.69) is 42.3 Å². The van der Waals surface area contributed by atoms with Crippen molar-refractivity contribution in [2.75, 3.05) is 6.54 Å².